The molecule has 1 heterocycles. The number of hydrogen-bond donors (Lipinski definition) is 0. The molecule has 0 aliphatic carbocycles. The van der Waals surface area contributed by atoms with Gasteiger partial charge >= 0.3 is 0 Å². The highest BCUT2D eigenvalue weighted by molar-refractivity contribution is 5.17. The van der Waals surface area contributed by atoms with Crippen LogP contribution in [0.4, 0.5) is 0 Å². The van der Waals surface area contributed by atoms with Crippen LogP contribution in [0.1, 0.15) is 94.7 Å². The molecule has 0 saturated carbocycles. The Morgan fingerprint density at radius 2 is 1.23 bits per heavy atom. The molecule has 1 nitrogen and oxygen atoms in total. The first-order valence-electron chi connectivity index (χ1n) is 10.8. The van der Waals surface area contributed by atoms with Gasteiger partial charge in [0.2, 0.25) is 0 Å². The maximum atomic E-state index is 2.38. The van der Waals surface area contributed by atoms with E-state index in [1.807, 2.05) is 0 Å². The van der Waals surface area contributed by atoms with Gasteiger partial charge in [-0.2, -0.15) is 4.57 Å². The summed E-state index contributed by atoms with van der Waals surface area (Å²) in [6.45, 7) is 4.45. The van der Waals surface area contributed by atoms with Crippen molar-refractivity contribution < 1.29 is 4.57 Å². The fourth-order valence-corrected chi connectivity index (χ4v) is 3.71. The van der Waals surface area contributed by atoms with E-state index in [-0.39, 0.29) is 0 Å². The van der Waals surface area contributed by atoms with Gasteiger partial charge in [0.15, 0.2) is 18.4 Å². The lowest BCUT2D eigenvalue weighted by Gasteiger charge is -2.13. The van der Waals surface area contributed by atoms with E-state index < -0.39 is 0 Å². The fraction of sp³-hybridized carbons (Fsp3) is 0.560. The third-order valence-corrected chi connectivity index (χ3v) is 5.39. The monoisotopic (exact) mass is 352 g/mol. The van der Waals surface area contributed by atoms with Gasteiger partial charge in [-0.25, -0.2) is 0 Å². The topological polar surface area (TPSA) is 3.88 Å². The average molecular weight is 353 g/mol. The summed E-state index contributed by atoms with van der Waals surface area (Å²) in [5.74, 6) is 0. The zero-order valence-corrected chi connectivity index (χ0v) is 17.0. The van der Waals surface area contributed by atoms with Gasteiger partial charge in [0.25, 0.3) is 0 Å². The molecule has 1 aromatic heterocycles. The van der Waals surface area contributed by atoms with Gasteiger partial charge in [-0.15, -0.1) is 0 Å². The number of hydrogen-bond acceptors (Lipinski definition) is 0. The number of pyridine rings is 1. The van der Waals surface area contributed by atoms with Crippen LogP contribution in [0.25, 0.3) is 0 Å². The predicted molar refractivity (Wildman–Crippen MR) is 112 cm³/mol. The van der Waals surface area contributed by atoms with Crippen molar-refractivity contribution in [1.29, 1.82) is 0 Å². The number of nitrogens with zero attached hydrogens (tertiary/aromatic N) is 1. The molecule has 142 valence electrons. The minimum Gasteiger partial charge on any atom is -0.198 e. The highest BCUT2D eigenvalue weighted by Crippen LogP contribution is 2.20. The average Bonchev–Trinajstić information content (AvgIpc) is 2.68. The minimum atomic E-state index is 0.464. The molecule has 0 aliphatic heterocycles. The number of rotatable bonds is 13. The van der Waals surface area contributed by atoms with Crippen molar-refractivity contribution in [3.8, 4) is 0 Å². The van der Waals surface area contributed by atoms with Crippen LogP contribution in [0.3, 0.4) is 0 Å². The number of unbranched alkanes of at least 4 members (excludes halogenated alkanes) is 9. The van der Waals surface area contributed by atoms with E-state index in [0.717, 1.165) is 0 Å². The van der Waals surface area contributed by atoms with Crippen molar-refractivity contribution in [2.45, 2.75) is 90.5 Å². The van der Waals surface area contributed by atoms with Crippen molar-refractivity contribution >= 4 is 0 Å². The van der Waals surface area contributed by atoms with Gasteiger partial charge in [0, 0.05) is 24.1 Å². The molecule has 0 fully saturated rings. The first-order chi connectivity index (χ1) is 12.8. The Bertz CT molecular complexity index is 573. The second kappa shape index (κ2) is 12.7. The van der Waals surface area contributed by atoms with E-state index >= 15 is 0 Å². The molecule has 0 saturated heterocycles. The van der Waals surface area contributed by atoms with Crippen molar-refractivity contribution in [2.24, 2.45) is 0 Å². The Labute approximate surface area is 161 Å². The lowest BCUT2D eigenvalue weighted by molar-refractivity contribution is -0.714. The van der Waals surface area contributed by atoms with Crippen molar-refractivity contribution in [3.05, 3.63) is 66.0 Å². The normalized spacial score (nSPS) is 12.2. The first kappa shape index (κ1) is 20.7. The van der Waals surface area contributed by atoms with Crippen LogP contribution in [0.5, 0.6) is 0 Å². The van der Waals surface area contributed by atoms with Crippen LogP contribution in [-0.4, -0.2) is 0 Å². The molecule has 0 amide bonds. The lowest BCUT2D eigenvalue weighted by atomic mass is 9.99. The number of aryl methyl sites for hydroxylation is 1. The van der Waals surface area contributed by atoms with Gasteiger partial charge in [0.1, 0.15) is 0 Å². The number of aromatic nitrogens is 1. The van der Waals surface area contributed by atoms with Gasteiger partial charge in [-0.1, -0.05) is 95.0 Å². The second-order valence-corrected chi connectivity index (χ2v) is 7.72. The van der Waals surface area contributed by atoms with E-state index in [9.17, 15) is 0 Å². The Hall–Kier alpha value is -1.63. The van der Waals surface area contributed by atoms with Gasteiger partial charge < -0.3 is 0 Å². The smallest absolute Gasteiger partial charge is 0.183 e. The largest absolute Gasteiger partial charge is 0.198 e. The highest BCUT2D eigenvalue weighted by atomic mass is 15.0. The van der Waals surface area contributed by atoms with Crippen LogP contribution in [0.15, 0.2) is 54.9 Å². The van der Waals surface area contributed by atoms with E-state index in [1.165, 1.54) is 81.8 Å². The quantitative estimate of drug-likeness (QED) is 0.265. The maximum Gasteiger partial charge on any atom is 0.183 e. The molecule has 26 heavy (non-hydrogen) atoms. The molecule has 0 aliphatic rings. The molecule has 1 atom stereocenters. The van der Waals surface area contributed by atoms with Crippen LogP contribution in [-0.2, 0) is 0 Å². The van der Waals surface area contributed by atoms with Crippen molar-refractivity contribution in [1.82, 2.24) is 0 Å². The van der Waals surface area contributed by atoms with E-state index in [2.05, 4.69) is 73.3 Å². The molecule has 2 rings (SSSR count). The Balaban J connectivity index is 1.73. The fourth-order valence-electron chi connectivity index (χ4n) is 3.71. The molecule has 1 heteroatoms. The first-order valence-corrected chi connectivity index (χ1v) is 10.8. The summed E-state index contributed by atoms with van der Waals surface area (Å²) < 4.78 is 2.38. The Morgan fingerprint density at radius 1 is 0.692 bits per heavy atom. The van der Waals surface area contributed by atoms with Gasteiger partial charge in [-0.3, -0.25) is 0 Å². The maximum absolute atomic E-state index is 2.38. The molecule has 0 N–H and O–H groups in total. The van der Waals surface area contributed by atoms with Crippen LogP contribution in [0, 0.1) is 6.92 Å². The Kier molecular flexibility index (Phi) is 10.1. The highest BCUT2D eigenvalue weighted by Gasteiger charge is 2.19. The molecule has 2 aromatic rings. The number of benzene rings is 1. The Morgan fingerprint density at radius 3 is 1.81 bits per heavy atom. The molecule has 0 spiro atoms. The summed E-state index contributed by atoms with van der Waals surface area (Å²) in [5, 5.41) is 0. The van der Waals surface area contributed by atoms with Crippen LogP contribution >= 0.6 is 0 Å². The predicted octanol–water partition coefficient (Wildman–Crippen LogP) is 7.18. The molecular formula is C25H38N+. The van der Waals surface area contributed by atoms with E-state index in [0.29, 0.717) is 6.04 Å². The standard InChI is InChI=1S/C25H38N/c1-3-4-5-6-7-8-9-10-11-15-18-25(24-16-13-12-14-17-24)26-21-19-23(2)20-22-26/h12-14,16-17,19-22,25H,3-11,15,18H2,1-2H3/q+1. The molecule has 0 bridgehead atoms. The van der Waals surface area contributed by atoms with Gasteiger partial charge in [-0.05, 0) is 18.9 Å². The summed E-state index contributed by atoms with van der Waals surface area (Å²) in [4.78, 5) is 0. The molecule has 1 unspecified atom stereocenters. The molecular weight excluding hydrogens is 314 g/mol. The summed E-state index contributed by atoms with van der Waals surface area (Å²) in [6.07, 6.45) is 19.7. The zero-order valence-electron chi connectivity index (χ0n) is 17.0. The van der Waals surface area contributed by atoms with Crippen LogP contribution < -0.4 is 4.57 Å². The van der Waals surface area contributed by atoms with E-state index in [1.54, 1.807) is 0 Å². The lowest BCUT2D eigenvalue weighted by Crippen LogP contribution is -2.39. The molecule has 1 aromatic carbocycles. The van der Waals surface area contributed by atoms with E-state index in [4.69, 9.17) is 0 Å². The third-order valence-electron chi connectivity index (χ3n) is 5.39. The van der Waals surface area contributed by atoms with Gasteiger partial charge in [0.05, 0.1) is 0 Å². The second-order valence-electron chi connectivity index (χ2n) is 7.72. The minimum absolute atomic E-state index is 0.464. The van der Waals surface area contributed by atoms with Crippen molar-refractivity contribution in [2.75, 3.05) is 0 Å². The SMILES string of the molecule is CCCCCCCCCCCCC(c1ccccc1)[n+]1ccc(C)cc1. The van der Waals surface area contributed by atoms with Crippen LogP contribution in [0.2, 0.25) is 0 Å². The summed E-state index contributed by atoms with van der Waals surface area (Å²) in [6, 6.07) is 15.9. The summed E-state index contributed by atoms with van der Waals surface area (Å²) >= 11 is 0. The molecule has 0 radical (unpaired) electrons. The summed E-state index contributed by atoms with van der Waals surface area (Å²) in [7, 11) is 0. The zero-order chi connectivity index (χ0) is 18.5. The summed E-state index contributed by atoms with van der Waals surface area (Å²) in [5.41, 5.74) is 2.75. The van der Waals surface area contributed by atoms with Crippen molar-refractivity contribution in [3.63, 3.8) is 0 Å². The third kappa shape index (κ3) is 7.72.